The summed E-state index contributed by atoms with van der Waals surface area (Å²) in [6.45, 7) is 8.29. The van der Waals surface area contributed by atoms with Crippen LogP contribution >= 0.6 is 0 Å². The molecular weight excluding hydrogens is 156 g/mol. The number of ether oxygens (including phenoxy) is 1. The minimum atomic E-state index is -1.23. The molecule has 2 nitrogen and oxygen atoms in total. The van der Waals surface area contributed by atoms with E-state index < -0.39 is 8.07 Å². The second kappa shape index (κ2) is 4.33. The lowest BCUT2D eigenvalue weighted by molar-refractivity contribution is -0.136. The molecule has 0 fully saturated rings. The van der Waals surface area contributed by atoms with Gasteiger partial charge >= 0.3 is 5.97 Å². The summed E-state index contributed by atoms with van der Waals surface area (Å²) in [6.07, 6.45) is 3.74. The third-order valence-electron chi connectivity index (χ3n) is 0.950. The SMILES string of the molecule is C/C=C/C(=O)OC[Si](C)(C)C. The topological polar surface area (TPSA) is 26.3 Å². The van der Waals surface area contributed by atoms with Gasteiger partial charge in [-0.05, 0) is 6.92 Å². The van der Waals surface area contributed by atoms with Crippen LogP contribution < -0.4 is 0 Å². The number of allylic oxidation sites excluding steroid dienone is 1. The van der Waals surface area contributed by atoms with Gasteiger partial charge in [0.1, 0.15) is 0 Å². The van der Waals surface area contributed by atoms with Gasteiger partial charge in [-0.25, -0.2) is 4.79 Å². The predicted molar refractivity (Wildman–Crippen MR) is 49.1 cm³/mol. The number of hydrogen-bond donors (Lipinski definition) is 0. The molecular formula is C8H16O2Si. The maximum absolute atomic E-state index is 10.8. The molecule has 64 valence electrons. The molecule has 0 heterocycles. The van der Waals surface area contributed by atoms with Crippen LogP contribution in [0.4, 0.5) is 0 Å². The Bertz CT molecular complexity index is 156. The Hall–Kier alpha value is -0.573. The molecule has 0 aromatic heterocycles. The van der Waals surface area contributed by atoms with E-state index in [0.29, 0.717) is 6.23 Å². The maximum atomic E-state index is 10.8. The fourth-order valence-electron chi connectivity index (χ4n) is 0.472. The Balaban J connectivity index is 3.63. The van der Waals surface area contributed by atoms with Crippen molar-refractivity contribution < 1.29 is 9.53 Å². The van der Waals surface area contributed by atoms with E-state index >= 15 is 0 Å². The van der Waals surface area contributed by atoms with Gasteiger partial charge in [0.2, 0.25) is 0 Å². The molecule has 0 aromatic carbocycles. The van der Waals surface area contributed by atoms with Crippen molar-refractivity contribution in [2.45, 2.75) is 26.6 Å². The molecule has 11 heavy (non-hydrogen) atoms. The average Bonchev–Trinajstić information content (AvgIpc) is 1.83. The molecule has 0 aliphatic rings. The lowest BCUT2D eigenvalue weighted by atomic mass is 10.5. The van der Waals surface area contributed by atoms with Gasteiger partial charge in [0.05, 0.1) is 14.3 Å². The largest absolute Gasteiger partial charge is 0.466 e. The quantitative estimate of drug-likeness (QED) is 0.370. The summed E-state index contributed by atoms with van der Waals surface area (Å²) < 4.78 is 4.98. The van der Waals surface area contributed by atoms with Crippen molar-refractivity contribution >= 4 is 14.0 Å². The minimum absolute atomic E-state index is 0.227. The van der Waals surface area contributed by atoms with Crippen LogP contribution in [0.2, 0.25) is 19.6 Å². The van der Waals surface area contributed by atoms with Crippen molar-refractivity contribution in [3.8, 4) is 0 Å². The van der Waals surface area contributed by atoms with Crippen LogP contribution in [0.5, 0.6) is 0 Å². The Morgan fingerprint density at radius 1 is 1.45 bits per heavy atom. The van der Waals surface area contributed by atoms with Crippen LogP contribution in [0.25, 0.3) is 0 Å². The standard InChI is InChI=1S/C8H16O2Si/c1-5-6-8(9)10-7-11(2,3)4/h5-6H,7H2,1-4H3/b6-5+. The van der Waals surface area contributed by atoms with Gasteiger partial charge in [-0.2, -0.15) is 0 Å². The van der Waals surface area contributed by atoms with Crippen molar-refractivity contribution in [3.05, 3.63) is 12.2 Å². The first-order valence-corrected chi connectivity index (χ1v) is 7.46. The molecule has 0 saturated heterocycles. The number of carbonyl (C=O) groups excluding carboxylic acids is 1. The smallest absolute Gasteiger partial charge is 0.330 e. The normalized spacial score (nSPS) is 12.0. The molecule has 0 spiro atoms. The summed E-state index contributed by atoms with van der Waals surface area (Å²) in [6, 6.07) is 0. The Labute approximate surface area is 69.3 Å². The van der Waals surface area contributed by atoms with Crippen molar-refractivity contribution in [1.29, 1.82) is 0 Å². The summed E-state index contributed by atoms with van der Waals surface area (Å²) in [5.74, 6) is -0.227. The Kier molecular flexibility index (Phi) is 4.11. The van der Waals surface area contributed by atoms with E-state index in [1.165, 1.54) is 6.08 Å². The number of rotatable bonds is 3. The summed E-state index contributed by atoms with van der Waals surface area (Å²) in [5.41, 5.74) is 0. The van der Waals surface area contributed by atoms with Crippen molar-refractivity contribution in [2.75, 3.05) is 6.23 Å². The van der Waals surface area contributed by atoms with E-state index in [1.807, 2.05) is 0 Å². The third kappa shape index (κ3) is 7.32. The fraction of sp³-hybridized carbons (Fsp3) is 0.625. The minimum Gasteiger partial charge on any atom is -0.466 e. The van der Waals surface area contributed by atoms with Crippen LogP contribution in [0.3, 0.4) is 0 Å². The van der Waals surface area contributed by atoms with Gasteiger partial charge in [-0.1, -0.05) is 25.7 Å². The van der Waals surface area contributed by atoms with E-state index in [0.717, 1.165) is 0 Å². The highest BCUT2D eigenvalue weighted by Gasteiger charge is 2.14. The lowest BCUT2D eigenvalue weighted by Crippen LogP contribution is -2.29. The zero-order chi connectivity index (χ0) is 8.91. The summed E-state index contributed by atoms with van der Waals surface area (Å²) in [4.78, 5) is 10.8. The molecule has 0 atom stereocenters. The van der Waals surface area contributed by atoms with Crippen molar-refractivity contribution in [2.24, 2.45) is 0 Å². The Morgan fingerprint density at radius 2 is 2.00 bits per heavy atom. The molecule has 0 aliphatic carbocycles. The van der Waals surface area contributed by atoms with Crippen LogP contribution in [0.15, 0.2) is 12.2 Å². The molecule has 3 heteroatoms. The van der Waals surface area contributed by atoms with Gasteiger partial charge in [0.15, 0.2) is 0 Å². The summed E-state index contributed by atoms with van der Waals surface area (Å²) in [7, 11) is -1.23. The molecule has 0 aromatic rings. The molecule has 0 amide bonds. The molecule has 0 N–H and O–H groups in total. The average molecular weight is 172 g/mol. The molecule has 0 unspecified atom stereocenters. The van der Waals surface area contributed by atoms with E-state index in [-0.39, 0.29) is 5.97 Å². The fourth-order valence-corrected chi connectivity index (χ4v) is 1.05. The van der Waals surface area contributed by atoms with Crippen LogP contribution in [0, 0.1) is 0 Å². The van der Waals surface area contributed by atoms with Gasteiger partial charge in [0.25, 0.3) is 0 Å². The molecule has 0 radical (unpaired) electrons. The third-order valence-corrected chi connectivity index (χ3v) is 1.96. The highest BCUT2D eigenvalue weighted by atomic mass is 28.3. The first-order chi connectivity index (χ1) is 4.95. The maximum Gasteiger partial charge on any atom is 0.330 e. The van der Waals surface area contributed by atoms with E-state index in [1.54, 1.807) is 13.0 Å². The first-order valence-electron chi connectivity index (χ1n) is 3.75. The van der Waals surface area contributed by atoms with Crippen molar-refractivity contribution in [1.82, 2.24) is 0 Å². The molecule has 0 saturated carbocycles. The summed E-state index contributed by atoms with van der Waals surface area (Å²) >= 11 is 0. The van der Waals surface area contributed by atoms with Gasteiger partial charge in [-0.15, -0.1) is 0 Å². The second-order valence-corrected chi connectivity index (χ2v) is 9.08. The Morgan fingerprint density at radius 3 is 2.36 bits per heavy atom. The lowest BCUT2D eigenvalue weighted by Gasteiger charge is -2.14. The monoisotopic (exact) mass is 172 g/mol. The molecule has 0 bridgehead atoms. The van der Waals surface area contributed by atoms with Gasteiger partial charge < -0.3 is 4.74 Å². The van der Waals surface area contributed by atoms with E-state index in [9.17, 15) is 4.79 Å². The van der Waals surface area contributed by atoms with Gasteiger partial charge in [0, 0.05) is 6.08 Å². The zero-order valence-corrected chi connectivity index (χ0v) is 8.68. The van der Waals surface area contributed by atoms with E-state index in [2.05, 4.69) is 19.6 Å². The summed E-state index contributed by atoms with van der Waals surface area (Å²) in [5, 5.41) is 0. The van der Waals surface area contributed by atoms with E-state index in [4.69, 9.17) is 4.74 Å². The highest BCUT2D eigenvalue weighted by molar-refractivity contribution is 6.76. The van der Waals surface area contributed by atoms with Crippen molar-refractivity contribution in [3.63, 3.8) is 0 Å². The molecule has 0 rings (SSSR count). The second-order valence-electron chi connectivity index (χ2n) is 3.67. The highest BCUT2D eigenvalue weighted by Crippen LogP contribution is 2.00. The van der Waals surface area contributed by atoms with Gasteiger partial charge in [-0.3, -0.25) is 0 Å². The number of hydrogen-bond acceptors (Lipinski definition) is 2. The molecule has 0 aliphatic heterocycles. The van der Waals surface area contributed by atoms with Crippen LogP contribution in [-0.2, 0) is 9.53 Å². The number of esters is 1. The van der Waals surface area contributed by atoms with Crippen LogP contribution in [0.1, 0.15) is 6.92 Å². The number of carbonyl (C=O) groups is 1. The first kappa shape index (κ1) is 10.4. The zero-order valence-electron chi connectivity index (χ0n) is 7.68. The van der Waals surface area contributed by atoms with Crippen LogP contribution in [-0.4, -0.2) is 20.3 Å². The predicted octanol–water partition coefficient (Wildman–Crippen LogP) is 1.98.